The van der Waals surface area contributed by atoms with E-state index in [0.717, 1.165) is 37.3 Å². The summed E-state index contributed by atoms with van der Waals surface area (Å²) in [5.74, 6) is 1.32. The highest BCUT2D eigenvalue weighted by molar-refractivity contribution is 5.85. The Labute approximate surface area is 154 Å². The zero-order chi connectivity index (χ0) is 16.7. The molecule has 2 amide bonds. The van der Waals surface area contributed by atoms with Gasteiger partial charge in [-0.1, -0.05) is 24.3 Å². The minimum atomic E-state index is -0.199. The second-order valence-corrected chi connectivity index (χ2v) is 7.07. The van der Waals surface area contributed by atoms with Crippen LogP contribution < -0.4 is 5.32 Å². The van der Waals surface area contributed by atoms with E-state index in [1.54, 1.807) is 11.8 Å². The molecule has 0 saturated carbocycles. The molecule has 6 heteroatoms. The van der Waals surface area contributed by atoms with Crippen molar-refractivity contribution >= 4 is 30.3 Å². The van der Waals surface area contributed by atoms with E-state index in [2.05, 4.69) is 5.32 Å². The van der Waals surface area contributed by atoms with Crippen LogP contribution in [0.3, 0.4) is 0 Å². The summed E-state index contributed by atoms with van der Waals surface area (Å²) in [6.07, 6.45) is 4.11. The van der Waals surface area contributed by atoms with Gasteiger partial charge in [0.25, 0.3) is 0 Å². The number of carbonyl (C=O) groups is 2. The molecule has 2 saturated heterocycles. The summed E-state index contributed by atoms with van der Waals surface area (Å²) in [7, 11) is 0. The van der Waals surface area contributed by atoms with Crippen LogP contribution in [-0.4, -0.2) is 47.8 Å². The van der Waals surface area contributed by atoms with Gasteiger partial charge in [-0.15, -0.1) is 12.4 Å². The van der Waals surface area contributed by atoms with Crippen LogP contribution in [0.1, 0.15) is 30.5 Å². The quantitative estimate of drug-likeness (QED) is 0.877. The first kappa shape index (κ1) is 18.0. The van der Waals surface area contributed by atoms with Crippen molar-refractivity contribution in [1.82, 2.24) is 15.1 Å². The molecule has 3 heterocycles. The number of rotatable bonds is 2. The van der Waals surface area contributed by atoms with Gasteiger partial charge < -0.3 is 15.1 Å². The second-order valence-electron chi connectivity index (χ2n) is 7.07. The Balaban J connectivity index is 0.00000182. The molecule has 3 aliphatic rings. The number of carbonyl (C=O) groups excluding carboxylic acids is 2. The number of hydrogen-bond acceptors (Lipinski definition) is 3. The molecule has 3 atom stereocenters. The van der Waals surface area contributed by atoms with Crippen molar-refractivity contribution in [2.24, 2.45) is 11.8 Å². The molecule has 1 unspecified atom stereocenters. The van der Waals surface area contributed by atoms with Crippen LogP contribution in [0.25, 0.3) is 6.08 Å². The fraction of sp³-hybridized carbons (Fsp3) is 0.474. The standard InChI is InChI=1S/C19H23N3O2.ClH/c1-13(23)22-7-6-14-4-2-3-5-17(14)18(22)8-19(24)21-11-15-9-20-10-16(15)12-21;/h2-7,15-16,18,20H,8-12H2,1H3;1H/t15-,16+,18?;. The highest BCUT2D eigenvalue weighted by Crippen LogP contribution is 2.34. The van der Waals surface area contributed by atoms with Crippen LogP contribution in [0.4, 0.5) is 0 Å². The SMILES string of the molecule is CC(=O)N1C=Cc2ccccc2C1CC(=O)N1C[C@H]2CNC[C@H]2C1.Cl. The number of likely N-dealkylation sites (tertiary alicyclic amines) is 1. The zero-order valence-electron chi connectivity index (χ0n) is 14.4. The minimum absolute atomic E-state index is 0. The monoisotopic (exact) mass is 361 g/mol. The van der Waals surface area contributed by atoms with Crippen LogP contribution >= 0.6 is 12.4 Å². The normalized spacial score (nSPS) is 26.8. The topological polar surface area (TPSA) is 52.7 Å². The van der Waals surface area contributed by atoms with Crippen molar-refractivity contribution < 1.29 is 9.59 Å². The van der Waals surface area contributed by atoms with E-state index in [9.17, 15) is 9.59 Å². The lowest BCUT2D eigenvalue weighted by Crippen LogP contribution is -2.37. The average Bonchev–Trinajstić information content (AvgIpc) is 3.16. The van der Waals surface area contributed by atoms with Crippen LogP contribution in [0.5, 0.6) is 0 Å². The molecule has 0 aromatic heterocycles. The highest BCUT2D eigenvalue weighted by atomic mass is 35.5. The molecule has 25 heavy (non-hydrogen) atoms. The van der Waals surface area contributed by atoms with Gasteiger partial charge in [-0.05, 0) is 29.0 Å². The maximum absolute atomic E-state index is 12.9. The molecule has 5 nitrogen and oxygen atoms in total. The molecule has 0 spiro atoms. The Morgan fingerprint density at radius 1 is 1.16 bits per heavy atom. The molecule has 4 rings (SSSR count). The van der Waals surface area contributed by atoms with Crippen molar-refractivity contribution in [3.05, 3.63) is 41.6 Å². The number of nitrogens with one attached hydrogen (secondary N) is 1. The lowest BCUT2D eigenvalue weighted by molar-refractivity contribution is -0.134. The Kier molecular flexibility index (Phi) is 5.16. The predicted octanol–water partition coefficient (Wildman–Crippen LogP) is 2.05. The van der Waals surface area contributed by atoms with Gasteiger partial charge in [-0.25, -0.2) is 0 Å². The van der Waals surface area contributed by atoms with Gasteiger partial charge in [0.05, 0.1) is 12.5 Å². The van der Waals surface area contributed by atoms with Crippen molar-refractivity contribution in [3.63, 3.8) is 0 Å². The van der Waals surface area contributed by atoms with Crippen molar-refractivity contribution in [3.8, 4) is 0 Å². The fourth-order valence-corrected chi connectivity index (χ4v) is 4.27. The largest absolute Gasteiger partial charge is 0.342 e. The number of amides is 2. The number of nitrogens with zero attached hydrogens (tertiary/aromatic N) is 2. The summed E-state index contributed by atoms with van der Waals surface area (Å²) in [6.45, 7) is 5.29. The summed E-state index contributed by atoms with van der Waals surface area (Å²) >= 11 is 0. The summed E-state index contributed by atoms with van der Waals surface area (Å²) < 4.78 is 0. The Hall–Kier alpha value is -1.85. The maximum atomic E-state index is 12.9. The number of hydrogen-bond donors (Lipinski definition) is 1. The van der Waals surface area contributed by atoms with Gasteiger partial charge in [0.15, 0.2) is 0 Å². The molecule has 2 fully saturated rings. The minimum Gasteiger partial charge on any atom is -0.342 e. The van der Waals surface area contributed by atoms with Crippen molar-refractivity contribution in [2.75, 3.05) is 26.2 Å². The van der Waals surface area contributed by atoms with Crippen molar-refractivity contribution in [1.29, 1.82) is 0 Å². The first-order valence-electron chi connectivity index (χ1n) is 8.68. The molecule has 1 N–H and O–H groups in total. The summed E-state index contributed by atoms with van der Waals surface area (Å²) in [6, 6.07) is 7.82. The lowest BCUT2D eigenvalue weighted by atomic mass is 9.93. The van der Waals surface area contributed by atoms with Crippen molar-refractivity contribution in [2.45, 2.75) is 19.4 Å². The van der Waals surface area contributed by atoms with Crippen LogP contribution in [-0.2, 0) is 9.59 Å². The second kappa shape index (κ2) is 7.18. The average molecular weight is 362 g/mol. The number of fused-ring (bicyclic) bond motifs is 2. The van der Waals surface area contributed by atoms with Gasteiger partial charge in [0.2, 0.25) is 11.8 Å². The number of benzene rings is 1. The molecule has 1 aromatic rings. The first-order valence-corrected chi connectivity index (χ1v) is 8.68. The smallest absolute Gasteiger partial charge is 0.225 e. The molecule has 0 radical (unpaired) electrons. The molecule has 3 aliphatic heterocycles. The molecule has 0 aliphatic carbocycles. The van der Waals surface area contributed by atoms with E-state index >= 15 is 0 Å². The van der Waals surface area contributed by atoms with Gasteiger partial charge in [0.1, 0.15) is 0 Å². The van der Waals surface area contributed by atoms with E-state index in [1.807, 2.05) is 41.4 Å². The highest BCUT2D eigenvalue weighted by Gasteiger charge is 2.39. The van der Waals surface area contributed by atoms with Gasteiger partial charge in [-0.3, -0.25) is 9.59 Å². The van der Waals surface area contributed by atoms with E-state index in [4.69, 9.17) is 0 Å². The predicted molar refractivity (Wildman–Crippen MR) is 99.0 cm³/mol. The maximum Gasteiger partial charge on any atom is 0.225 e. The van der Waals surface area contributed by atoms with E-state index < -0.39 is 0 Å². The third-order valence-corrected chi connectivity index (χ3v) is 5.58. The molecule has 0 bridgehead atoms. The Bertz CT molecular complexity index is 694. The van der Waals surface area contributed by atoms with Crippen LogP contribution in [0, 0.1) is 11.8 Å². The molecule has 1 aromatic carbocycles. The molecular weight excluding hydrogens is 338 g/mol. The third-order valence-electron chi connectivity index (χ3n) is 5.58. The van der Waals surface area contributed by atoms with E-state index in [1.165, 1.54) is 0 Å². The summed E-state index contributed by atoms with van der Waals surface area (Å²) in [4.78, 5) is 28.6. The fourth-order valence-electron chi connectivity index (χ4n) is 4.27. The zero-order valence-corrected chi connectivity index (χ0v) is 15.2. The van der Waals surface area contributed by atoms with Gasteiger partial charge >= 0.3 is 0 Å². The van der Waals surface area contributed by atoms with E-state index in [0.29, 0.717) is 18.3 Å². The van der Waals surface area contributed by atoms with Gasteiger partial charge in [-0.2, -0.15) is 0 Å². The first-order chi connectivity index (χ1) is 11.6. The van der Waals surface area contributed by atoms with E-state index in [-0.39, 0.29) is 30.3 Å². The Morgan fingerprint density at radius 2 is 1.84 bits per heavy atom. The Morgan fingerprint density at radius 3 is 2.52 bits per heavy atom. The van der Waals surface area contributed by atoms with Crippen LogP contribution in [0.15, 0.2) is 30.5 Å². The molecular formula is C19H24ClN3O2. The third kappa shape index (κ3) is 3.31. The summed E-state index contributed by atoms with van der Waals surface area (Å²) in [5, 5.41) is 3.40. The lowest BCUT2D eigenvalue weighted by Gasteiger charge is -2.33. The van der Waals surface area contributed by atoms with Crippen LogP contribution in [0.2, 0.25) is 0 Å². The van der Waals surface area contributed by atoms with Gasteiger partial charge in [0, 0.05) is 39.3 Å². The summed E-state index contributed by atoms with van der Waals surface area (Å²) in [5.41, 5.74) is 2.15. The molecule has 134 valence electrons. The number of halogens is 1.